The van der Waals surface area contributed by atoms with Gasteiger partial charge in [-0.3, -0.25) is 9.69 Å². The van der Waals surface area contributed by atoms with Crippen LogP contribution in [-0.2, 0) is 4.74 Å². The molecule has 4 bridgehead atoms. The first-order valence-corrected chi connectivity index (χ1v) is 12.1. The van der Waals surface area contributed by atoms with Crippen molar-refractivity contribution in [1.29, 1.82) is 10.5 Å². The normalized spacial score (nSPS) is 25.1. The zero-order valence-electron chi connectivity index (χ0n) is 19.5. The molecule has 0 spiro atoms. The molecule has 5 heterocycles. The van der Waals surface area contributed by atoms with Gasteiger partial charge in [0.15, 0.2) is 5.78 Å². The van der Waals surface area contributed by atoms with E-state index in [1.165, 1.54) is 0 Å². The highest BCUT2D eigenvalue weighted by Gasteiger charge is 2.45. The molecule has 4 aliphatic heterocycles. The molecule has 2 aromatic rings. The summed E-state index contributed by atoms with van der Waals surface area (Å²) in [6, 6.07) is 14.3. The van der Waals surface area contributed by atoms with E-state index < -0.39 is 0 Å². The summed E-state index contributed by atoms with van der Waals surface area (Å²) in [6.45, 7) is 2.38. The Morgan fingerprint density at radius 2 is 1.82 bits per heavy atom. The third kappa shape index (κ3) is 4.26. The summed E-state index contributed by atoms with van der Waals surface area (Å²) in [6.07, 6.45) is 6.85. The van der Waals surface area contributed by atoms with E-state index in [2.05, 4.69) is 28.9 Å². The number of fused-ring (bicyclic) bond motifs is 1. The fraction of sp³-hybridized carbons (Fsp3) is 0.464. The Morgan fingerprint density at radius 3 is 2.59 bits per heavy atom. The van der Waals surface area contributed by atoms with Crippen LogP contribution >= 0.6 is 0 Å². The van der Waals surface area contributed by atoms with Gasteiger partial charge in [0.25, 0.3) is 0 Å². The first-order valence-electron chi connectivity index (χ1n) is 12.1. The molecule has 0 N–H and O–H groups in total. The van der Waals surface area contributed by atoms with Crippen LogP contribution in [0.2, 0.25) is 0 Å². The Balaban J connectivity index is 1.45. The van der Waals surface area contributed by atoms with E-state index >= 15 is 0 Å². The number of piperidine rings is 1. The molecule has 172 valence electrons. The number of rotatable bonds is 5. The number of aromatic nitrogens is 1. The lowest BCUT2D eigenvalue weighted by Gasteiger charge is -2.46. The van der Waals surface area contributed by atoms with Gasteiger partial charge >= 0.3 is 0 Å². The number of hydrogen-bond acceptors (Lipinski definition) is 5. The van der Waals surface area contributed by atoms with Gasteiger partial charge in [0.2, 0.25) is 0 Å². The van der Waals surface area contributed by atoms with Crippen molar-refractivity contribution < 1.29 is 9.53 Å². The lowest BCUT2D eigenvalue weighted by molar-refractivity contribution is -0.105. The standard InChI is InChI=1S/C28H28N4O2/c1-19-27(28(33)18-31-22-10-11-25-14-24(31)15-26(13-22)34-25)16-23(5-3-2-4-12-29)32(19)21-8-6-20(17-30)7-9-21/h6-9,16,22,24-26H,2,4,10-11,13-15,18H2,1H3. The number of ketones is 1. The summed E-state index contributed by atoms with van der Waals surface area (Å²) >= 11 is 0. The first kappa shape index (κ1) is 22.4. The maximum absolute atomic E-state index is 13.6. The van der Waals surface area contributed by atoms with Crippen molar-refractivity contribution in [3.63, 3.8) is 0 Å². The summed E-state index contributed by atoms with van der Waals surface area (Å²) < 4.78 is 8.16. The highest BCUT2D eigenvalue weighted by Crippen LogP contribution is 2.40. The average molecular weight is 453 g/mol. The molecule has 1 aromatic carbocycles. The molecule has 4 unspecified atom stereocenters. The molecule has 0 aliphatic carbocycles. The molecule has 4 atom stereocenters. The van der Waals surface area contributed by atoms with Gasteiger partial charge in [0.1, 0.15) is 0 Å². The molecule has 4 fully saturated rings. The predicted octanol–water partition coefficient (Wildman–Crippen LogP) is 4.28. The topological polar surface area (TPSA) is 82.0 Å². The van der Waals surface area contributed by atoms with E-state index in [0.717, 1.165) is 49.2 Å². The van der Waals surface area contributed by atoms with Crippen molar-refractivity contribution in [2.24, 2.45) is 0 Å². The zero-order valence-corrected chi connectivity index (χ0v) is 19.5. The highest BCUT2D eigenvalue weighted by atomic mass is 16.5. The quantitative estimate of drug-likeness (QED) is 0.384. The summed E-state index contributed by atoms with van der Waals surface area (Å²) in [4.78, 5) is 16.1. The molecule has 34 heavy (non-hydrogen) atoms. The van der Waals surface area contributed by atoms with Crippen molar-refractivity contribution in [3.05, 3.63) is 52.8 Å². The van der Waals surface area contributed by atoms with Gasteiger partial charge in [-0.1, -0.05) is 5.92 Å². The molecular weight excluding hydrogens is 424 g/mol. The maximum atomic E-state index is 13.6. The lowest BCUT2D eigenvalue weighted by atomic mass is 9.89. The van der Waals surface area contributed by atoms with E-state index in [1.807, 2.05) is 29.7 Å². The van der Waals surface area contributed by atoms with Crippen LogP contribution in [0.1, 0.15) is 72.3 Å². The van der Waals surface area contributed by atoms with Gasteiger partial charge in [-0.25, -0.2) is 0 Å². The molecule has 6 heteroatoms. The van der Waals surface area contributed by atoms with Crippen LogP contribution in [0, 0.1) is 41.4 Å². The second-order valence-electron chi connectivity index (χ2n) is 9.55. The average Bonchev–Trinajstić information content (AvgIpc) is 3.03. The maximum Gasteiger partial charge on any atom is 0.178 e. The molecule has 6 rings (SSSR count). The van der Waals surface area contributed by atoms with E-state index in [4.69, 9.17) is 15.3 Å². The molecule has 0 amide bonds. The van der Waals surface area contributed by atoms with Gasteiger partial charge in [-0.15, -0.1) is 0 Å². The van der Waals surface area contributed by atoms with E-state index in [1.54, 1.807) is 12.1 Å². The summed E-state index contributed by atoms with van der Waals surface area (Å²) in [5.74, 6) is 6.36. The van der Waals surface area contributed by atoms with Crippen LogP contribution in [0.5, 0.6) is 0 Å². The predicted molar refractivity (Wildman–Crippen MR) is 127 cm³/mol. The molecular formula is C28H28N4O2. The van der Waals surface area contributed by atoms with Crippen LogP contribution in [-0.4, -0.2) is 46.1 Å². The number of ether oxygens (including phenoxy) is 1. The second-order valence-corrected chi connectivity index (χ2v) is 9.55. The van der Waals surface area contributed by atoms with E-state index in [-0.39, 0.29) is 5.78 Å². The van der Waals surface area contributed by atoms with Crippen molar-refractivity contribution in [3.8, 4) is 29.7 Å². The van der Waals surface area contributed by atoms with Gasteiger partial charge in [-0.05, 0) is 75.3 Å². The van der Waals surface area contributed by atoms with Gasteiger partial charge < -0.3 is 9.30 Å². The second kappa shape index (κ2) is 9.47. The molecule has 1 aromatic heterocycles. The van der Waals surface area contributed by atoms with Gasteiger partial charge in [0, 0.05) is 41.9 Å². The number of unbranched alkanes of at least 4 members (excludes halogenated alkanes) is 1. The third-order valence-electron chi connectivity index (χ3n) is 7.46. The minimum Gasteiger partial charge on any atom is -0.375 e. The van der Waals surface area contributed by atoms with Gasteiger partial charge in [-0.2, -0.15) is 10.5 Å². The zero-order chi connectivity index (χ0) is 23.7. The lowest BCUT2D eigenvalue weighted by Crippen LogP contribution is -2.54. The Hall–Kier alpha value is -3.37. The fourth-order valence-electron chi connectivity index (χ4n) is 5.87. The number of benzene rings is 1. The highest BCUT2D eigenvalue weighted by molar-refractivity contribution is 5.99. The van der Waals surface area contributed by atoms with Crippen LogP contribution in [0.4, 0.5) is 0 Å². The summed E-state index contributed by atoms with van der Waals surface area (Å²) in [5.41, 5.74) is 3.72. The summed E-state index contributed by atoms with van der Waals surface area (Å²) in [7, 11) is 0. The van der Waals surface area contributed by atoms with Crippen LogP contribution in [0.3, 0.4) is 0 Å². The van der Waals surface area contributed by atoms with Crippen LogP contribution < -0.4 is 0 Å². The van der Waals surface area contributed by atoms with Gasteiger partial charge in [0.05, 0.1) is 42.1 Å². The monoisotopic (exact) mass is 452 g/mol. The van der Waals surface area contributed by atoms with Crippen molar-refractivity contribution >= 4 is 5.78 Å². The molecule has 4 saturated heterocycles. The minimum absolute atomic E-state index is 0.123. The number of nitrogens with zero attached hydrogens (tertiary/aromatic N) is 4. The minimum atomic E-state index is 0.123. The van der Waals surface area contributed by atoms with Crippen molar-refractivity contribution in [2.45, 2.75) is 76.2 Å². The van der Waals surface area contributed by atoms with E-state index in [0.29, 0.717) is 54.8 Å². The molecule has 6 nitrogen and oxygen atoms in total. The van der Waals surface area contributed by atoms with Crippen molar-refractivity contribution in [1.82, 2.24) is 9.47 Å². The van der Waals surface area contributed by atoms with Crippen molar-refractivity contribution in [2.75, 3.05) is 6.54 Å². The Morgan fingerprint density at radius 1 is 1.06 bits per heavy atom. The number of nitriles is 2. The Labute approximate surface area is 200 Å². The smallest absolute Gasteiger partial charge is 0.178 e. The SMILES string of the molecule is Cc1c(C(=O)CN2C3CCC4CC2CC(C3)O4)cc(C#CCCC#N)n1-c1ccc(C#N)cc1. The van der Waals surface area contributed by atoms with E-state index in [9.17, 15) is 4.79 Å². The molecule has 4 aliphatic rings. The summed E-state index contributed by atoms with van der Waals surface area (Å²) in [5, 5.41) is 18.0. The molecule has 0 saturated carbocycles. The number of carbonyl (C=O) groups is 1. The Kier molecular flexibility index (Phi) is 6.25. The van der Waals surface area contributed by atoms with Crippen LogP contribution in [0.15, 0.2) is 30.3 Å². The largest absolute Gasteiger partial charge is 0.375 e. The molecule has 0 radical (unpaired) electrons. The number of Topliss-reactive ketones (excluding diaryl/α,β-unsaturated/α-hetero) is 1. The number of hydrogen-bond donors (Lipinski definition) is 0. The fourth-order valence-corrected chi connectivity index (χ4v) is 5.87. The first-order chi connectivity index (χ1) is 16.6. The van der Waals surface area contributed by atoms with Crippen LogP contribution in [0.25, 0.3) is 5.69 Å². The third-order valence-corrected chi connectivity index (χ3v) is 7.46. The number of carbonyl (C=O) groups excluding carboxylic acids is 1. The Bertz CT molecular complexity index is 1230.